The van der Waals surface area contributed by atoms with Crippen molar-refractivity contribution in [2.24, 2.45) is 0 Å². The van der Waals surface area contributed by atoms with Crippen LogP contribution in [0.15, 0.2) is 23.1 Å². The summed E-state index contributed by atoms with van der Waals surface area (Å²) in [5.74, 6) is -3.79. The summed E-state index contributed by atoms with van der Waals surface area (Å²) in [6.45, 7) is 1.36. The Morgan fingerprint density at radius 3 is 2.83 bits per heavy atom. The minimum atomic E-state index is -1.01. The van der Waals surface area contributed by atoms with Crippen LogP contribution in [-0.4, -0.2) is 37.4 Å². The van der Waals surface area contributed by atoms with Gasteiger partial charge in [-0.15, -0.1) is 0 Å². The van der Waals surface area contributed by atoms with Gasteiger partial charge in [0.05, 0.1) is 35.5 Å². The average Bonchev–Trinajstić information content (AvgIpc) is 3.21. The Bertz CT molecular complexity index is 1140. The quantitative estimate of drug-likeness (QED) is 0.468. The predicted octanol–water partition coefficient (Wildman–Crippen LogP) is 2.16. The molecular weight excluding hydrogens is 515 g/mol. The van der Waals surface area contributed by atoms with Gasteiger partial charge in [0.1, 0.15) is 17.2 Å². The maximum atomic E-state index is 14.2. The summed E-state index contributed by atoms with van der Waals surface area (Å²) in [5, 5.41) is 12.8. The summed E-state index contributed by atoms with van der Waals surface area (Å²) in [4.78, 5) is 37.7. The highest BCUT2D eigenvalue weighted by Gasteiger charge is 2.44. The number of ether oxygens (including phenoxy) is 1. The SMILES string of the molecule is Cc1c(F)ccc(CNC(=O)c2cn3c(c(O)c2=O)C(=O)N(I)C2OCCC23)c1F. The number of hydrogen-bond donors (Lipinski definition) is 2. The number of rotatable bonds is 3. The first-order valence-corrected chi connectivity index (χ1v) is 9.99. The average molecular weight is 531 g/mol. The fourth-order valence-electron chi connectivity index (χ4n) is 3.65. The molecular formula is C19H16F2IN3O5. The molecule has 1 aromatic carbocycles. The molecule has 2 amide bonds. The molecule has 2 aliphatic rings. The number of halogens is 3. The molecule has 2 atom stereocenters. The van der Waals surface area contributed by atoms with Crippen LogP contribution in [-0.2, 0) is 11.3 Å². The first kappa shape index (κ1) is 20.7. The molecule has 30 heavy (non-hydrogen) atoms. The highest BCUT2D eigenvalue weighted by atomic mass is 127. The van der Waals surface area contributed by atoms with Crippen LogP contribution in [0.2, 0.25) is 0 Å². The van der Waals surface area contributed by atoms with Crippen molar-refractivity contribution < 1.29 is 28.2 Å². The smallest absolute Gasteiger partial charge is 0.285 e. The molecule has 0 saturated carbocycles. The summed E-state index contributed by atoms with van der Waals surface area (Å²) in [5.41, 5.74) is -1.74. The summed E-state index contributed by atoms with van der Waals surface area (Å²) in [7, 11) is 0. The summed E-state index contributed by atoms with van der Waals surface area (Å²) in [6.07, 6.45) is 1.15. The van der Waals surface area contributed by atoms with Crippen LogP contribution in [0.3, 0.4) is 0 Å². The van der Waals surface area contributed by atoms with Crippen LogP contribution in [0.4, 0.5) is 8.78 Å². The Balaban J connectivity index is 1.67. The zero-order valence-corrected chi connectivity index (χ0v) is 17.8. The lowest BCUT2D eigenvalue weighted by Crippen LogP contribution is -2.45. The zero-order chi connectivity index (χ0) is 21.7. The Kier molecular flexibility index (Phi) is 5.26. The molecule has 2 aliphatic heterocycles. The third-order valence-corrected chi connectivity index (χ3v) is 6.29. The lowest BCUT2D eigenvalue weighted by Gasteiger charge is -2.35. The van der Waals surface area contributed by atoms with Crippen molar-refractivity contribution in [3.05, 3.63) is 62.6 Å². The third-order valence-electron chi connectivity index (χ3n) is 5.30. The fourth-order valence-corrected chi connectivity index (χ4v) is 4.41. The second-order valence-corrected chi connectivity index (χ2v) is 8.08. The van der Waals surface area contributed by atoms with Crippen molar-refractivity contribution in [3.8, 4) is 5.75 Å². The maximum absolute atomic E-state index is 14.2. The van der Waals surface area contributed by atoms with E-state index >= 15 is 0 Å². The van der Waals surface area contributed by atoms with Crippen molar-refractivity contribution in [1.29, 1.82) is 0 Å². The zero-order valence-electron chi connectivity index (χ0n) is 15.6. The number of nitrogens with zero attached hydrogens (tertiary/aromatic N) is 2. The van der Waals surface area contributed by atoms with E-state index in [2.05, 4.69) is 5.32 Å². The number of hydrogen-bond acceptors (Lipinski definition) is 5. The van der Waals surface area contributed by atoms with E-state index in [4.69, 9.17) is 4.74 Å². The van der Waals surface area contributed by atoms with Crippen LogP contribution >= 0.6 is 22.9 Å². The lowest BCUT2D eigenvalue weighted by atomic mass is 10.1. The van der Waals surface area contributed by atoms with Gasteiger partial charge in [0.2, 0.25) is 5.43 Å². The van der Waals surface area contributed by atoms with Gasteiger partial charge < -0.3 is 19.7 Å². The molecule has 0 aliphatic carbocycles. The van der Waals surface area contributed by atoms with E-state index in [1.54, 1.807) is 22.9 Å². The molecule has 1 fully saturated rings. The van der Waals surface area contributed by atoms with Crippen LogP contribution in [0.25, 0.3) is 0 Å². The molecule has 0 bridgehead atoms. The van der Waals surface area contributed by atoms with E-state index in [-0.39, 0.29) is 29.4 Å². The van der Waals surface area contributed by atoms with Gasteiger partial charge in [0, 0.05) is 23.9 Å². The molecule has 2 N–H and O–H groups in total. The van der Waals surface area contributed by atoms with Crippen molar-refractivity contribution in [3.63, 3.8) is 0 Å². The van der Waals surface area contributed by atoms with Gasteiger partial charge in [-0.1, -0.05) is 6.07 Å². The molecule has 0 radical (unpaired) electrons. The first-order chi connectivity index (χ1) is 14.2. The minimum Gasteiger partial charge on any atom is -0.503 e. The van der Waals surface area contributed by atoms with Crippen LogP contribution in [0, 0.1) is 18.6 Å². The van der Waals surface area contributed by atoms with Crippen molar-refractivity contribution in [2.45, 2.75) is 32.2 Å². The minimum absolute atomic E-state index is 0.0459. The normalized spacial score (nSPS) is 20.1. The van der Waals surface area contributed by atoms with E-state index in [1.165, 1.54) is 26.9 Å². The Hall–Kier alpha value is -2.54. The molecule has 2 unspecified atom stereocenters. The Morgan fingerprint density at radius 2 is 2.10 bits per heavy atom. The van der Waals surface area contributed by atoms with E-state index in [0.717, 1.165) is 6.07 Å². The fraction of sp³-hybridized carbons (Fsp3) is 0.316. The van der Waals surface area contributed by atoms with Crippen molar-refractivity contribution >= 4 is 34.7 Å². The maximum Gasteiger partial charge on any atom is 0.285 e. The van der Waals surface area contributed by atoms with Gasteiger partial charge in [-0.05, 0) is 19.4 Å². The van der Waals surface area contributed by atoms with Gasteiger partial charge in [-0.25, -0.2) is 11.9 Å². The molecule has 1 saturated heterocycles. The number of nitrogens with one attached hydrogen (secondary N) is 1. The van der Waals surface area contributed by atoms with Crippen LogP contribution in [0.5, 0.6) is 5.75 Å². The number of carbonyl (C=O) groups excluding carboxylic acids is 2. The summed E-state index contributed by atoms with van der Waals surface area (Å²) >= 11 is 1.77. The van der Waals surface area contributed by atoms with Gasteiger partial charge in [-0.3, -0.25) is 14.4 Å². The molecule has 11 heteroatoms. The topological polar surface area (TPSA) is 101 Å². The first-order valence-electron chi connectivity index (χ1n) is 9.03. The van der Waals surface area contributed by atoms with E-state index in [1.807, 2.05) is 0 Å². The van der Waals surface area contributed by atoms with Gasteiger partial charge in [-0.2, -0.15) is 0 Å². The lowest BCUT2D eigenvalue weighted by molar-refractivity contribution is 0.0120. The van der Waals surface area contributed by atoms with Crippen LogP contribution < -0.4 is 10.7 Å². The molecule has 3 heterocycles. The highest BCUT2D eigenvalue weighted by Crippen LogP contribution is 2.38. The number of benzene rings is 1. The van der Waals surface area contributed by atoms with E-state index in [9.17, 15) is 28.3 Å². The monoisotopic (exact) mass is 531 g/mol. The van der Waals surface area contributed by atoms with Crippen LogP contribution in [0.1, 0.15) is 44.4 Å². The molecule has 158 valence electrons. The van der Waals surface area contributed by atoms with E-state index < -0.39 is 46.4 Å². The second-order valence-electron chi connectivity index (χ2n) is 7.04. The number of amides is 2. The Morgan fingerprint density at radius 1 is 1.37 bits per heavy atom. The van der Waals surface area contributed by atoms with E-state index in [0.29, 0.717) is 13.0 Å². The molecule has 2 aromatic rings. The molecule has 4 rings (SSSR count). The molecule has 0 spiro atoms. The standard InChI is InChI=1S/C19H16F2IN3O5/c1-8-11(20)3-2-9(13(8)21)6-23-17(28)10-7-24-12-4-5-30-19(12)25(22)18(29)14(24)16(27)15(10)26/h2-3,7,12,19,27H,4-6H2,1H3,(H,23,28). The van der Waals surface area contributed by atoms with Gasteiger partial charge in [0.25, 0.3) is 11.8 Å². The highest BCUT2D eigenvalue weighted by molar-refractivity contribution is 14.1. The number of aromatic nitrogens is 1. The summed E-state index contributed by atoms with van der Waals surface area (Å²) < 4.78 is 35.8. The Labute approximate surface area is 182 Å². The van der Waals surface area contributed by atoms with Crippen molar-refractivity contribution in [1.82, 2.24) is 13.0 Å². The number of pyridine rings is 1. The van der Waals surface area contributed by atoms with Gasteiger partial charge in [0.15, 0.2) is 17.7 Å². The van der Waals surface area contributed by atoms with Crippen molar-refractivity contribution in [2.75, 3.05) is 6.61 Å². The largest absolute Gasteiger partial charge is 0.503 e. The van der Waals surface area contributed by atoms with Gasteiger partial charge >= 0.3 is 0 Å². The second kappa shape index (κ2) is 7.61. The molecule has 1 aromatic heterocycles. The predicted molar refractivity (Wildman–Crippen MR) is 108 cm³/mol. The number of aromatic hydroxyl groups is 1. The third kappa shape index (κ3) is 3.16. The summed E-state index contributed by atoms with van der Waals surface area (Å²) in [6, 6.07) is 1.91. The molecule has 8 nitrogen and oxygen atoms in total. The number of fused-ring (bicyclic) bond motifs is 3. The number of carbonyl (C=O) groups is 2.